The molecule has 1 atom stereocenters. The molecule has 0 aliphatic carbocycles. The van der Waals surface area contributed by atoms with Crippen molar-refractivity contribution in [3.05, 3.63) is 46.8 Å². The Balaban J connectivity index is 2.28. The highest BCUT2D eigenvalue weighted by molar-refractivity contribution is 6.31. The maximum Gasteiger partial charge on any atom is 0.408 e. The number of rotatable bonds is 6. The van der Waals surface area contributed by atoms with Gasteiger partial charge in [0, 0.05) is 19.5 Å². The van der Waals surface area contributed by atoms with Crippen LogP contribution in [0.2, 0.25) is 5.02 Å². The summed E-state index contributed by atoms with van der Waals surface area (Å²) in [5.74, 6) is -0.499. The number of ether oxygens (including phenoxy) is 1. The Morgan fingerprint density at radius 3 is 2.68 bits per heavy atom. The van der Waals surface area contributed by atoms with E-state index in [1.165, 1.54) is 24.8 Å². The summed E-state index contributed by atoms with van der Waals surface area (Å²) in [5, 5.41) is 5.33. The third-order valence-corrected chi connectivity index (χ3v) is 4.21. The van der Waals surface area contributed by atoms with Gasteiger partial charge < -0.3 is 21.1 Å². The van der Waals surface area contributed by atoms with Crippen LogP contribution in [0, 0.1) is 5.82 Å². The van der Waals surface area contributed by atoms with Gasteiger partial charge in [0.1, 0.15) is 11.9 Å². The van der Waals surface area contributed by atoms with Crippen LogP contribution in [0.1, 0.15) is 39.3 Å². The van der Waals surface area contributed by atoms with Gasteiger partial charge in [-0.1, -0.05) is 17.7 Å². The molecule has 1 heterocycles. The molecule has 31 heavy (non-hydrogen) atoms. The van der Waals surface area contributed by atoms with Crippen LogP contribution in [0.25, 0.3) is 11.4 Å². The first-order chi connectivity index (χ1) is 14.6. The first-order valence-electron chi connectivity index (χ1n) is 9.33. The molecule has 4 N–H and O–H groups in total. The van der Waals surface area contributed by atoms with Gasteiger partial charge in [-0.15, -0.1) is 0 Å². The summed E-state index contributed by atoms with van der Waals surface area (Å²) in [6, 6.07) is 2.48. The van der Waals surface area contributed by atoms with Crippen molar-refractivity contribution in [1.82, 2.24) is 20.3 Å². The summed E-state index contributed by atoms with van der Waals surface area (Å²) in [5.41, 5.74) is 5.76. The van der Waals surface area contributed by atoms with Crippen molar-refractivity contribution >= 4 is 29.9 Å². The highest BCUT2D eigenvalue weighted by Gasteiger charge is 2.22. The van der Waals surface area contributed by atoms with Gasteiger partial charge in [0.15, 0.2) is 11.6 Å². The maximum absolute atomic E-state index is 15.0. The number of nitrogens with two attached hydrogens (primary N) is 1. The van der Waals surface area contributed by atoms with Crippen LogP contribution in [0.15, 0.2) is 35.3 Å². The molecule has 0 unspecified atom stereocenters. The third kappa shape index (κ3) is 6.61. The summed E-state index contributed by atoms with van der Waals surface area (Å²) in [7, 11) is 1.58. The Hall–Kier alpha value is -3.27. The van der Waals surface area contributed by atoms with Crippen LogP contribution in [0.3, 0.4) is 0 Å². The number of nitrogens with one attached hydrogen (secondary N) is 2. The van der Waals surface area contributed by atoms with Gasteiger partial charge in [0.05, 0.1) is 22.3 Å². The van der Waals surface area contributed by atoms with Crippen molar-refractivity contribution in [2.45, 2.75) is 39.3 Å². The van der Waals surface area contributed by atoms with E-state index in [0.717, 1.165) is 0 Å². The quantitative estimate of drug-likeness (QED) is 0.571. The number of hydrogen-bond acceptors (Lipinski definition) is 8. The van der Waals surface area contributed by atoms with Gasteiger partial charge in [-0.05, 0) is 39.3 Å². The van der Waals surface area contributed by atoms with E-state index in [1.807, 2.05) is 0 Å². The minimum absolute atomic E-state index is 0.0704. The second kappa shape index (κ2) is 10.2. The lowest BCUT2D eigenvalue weighted by Gasteiger charge is -2.22. The number of alkyl carbamates (subject to hydrolysis) is 1. The molecular formula is C20H25ClFN7O2. The van der Waals surface area contributed by atoms with Gasteiger partial charge >= 0.3 is 6.09 Å². The van der Waals surface area contributed by atoms with E-state index >= 15 is 4.39 Å². The molecule has 0 aliphatic heterocycles. The lowest BCUT2D eigenvalue weighted by Crippen LogP contribution is -2.34. The lowest BCUT2D eigenvalue weighted by molar-refractivity contribution is 0.0508. The monoisotopic (exact) mass is 449 g/mol. The molecule has 2 rings (SSSR count). The highest BCUT2D eigenvalue weighted by atomic mass is 35.5. The number of allylic oxidation sites excluding steroid dienone is 1. The number of carbonyl (C=O) groups is 1. The standard InChI is InChI=1S/C20H25ClFN7O2/c1-11(27-19(30)31-20(2,3)4)13-6-7-14(16(22)15(13)21)17-25-10-26-18(29-17)28-12(8-23)9-24-5/h6-11H,23H2,1-5H3,(H,27,30)(H,25,26,28,29)/b12-8+,24-9?/t11-/m1/s1. The van der Waals surface area contributed by atoms with E-state index in [2.05, 4.69) is 30.6 Å². The number of aromatic nitrogens is 3. The van der Waals surface area contributed by atoms with Crippen molar-refractivity contribution in [3.8, 4) is 11.4 Å². The zero-order valence-corrected chi connectivity index (χ0v) is 18.7. The zero-order chi connectivity index (χ0) is 23.2. The molecule has 0 bridgehead atoms. The molecule has 0 saturated carbocycles. The Labute approximate surface area is 185 Å². The minimum atomic E-state index is -0.723. The average Bonchev–Trinajstić information content (AvgIpc) is 2.68. The normalized spacial score (nSPS) is 13.2. The van der Waals surface area contributed by atoms with Crippen LogP contribution >= 0.6 is 11.6 Å². The molecule has 11 heteroatoms. The van der Waals surface area contributed by atoms with Crippen LogP contribution in [0.5, 0.6) is 0 Å². The van der Waals surface area contributed by atoms with Crippen LogP contribution in [-0.2, 0) is 4.74 Å². The lowest BCUT2D eigenvalue weighted by atomic mass is 10.0. The summed E-state index contributed by atoms with van der Waals surface area (Å²) in [6.45, 7) is 6.92. The van der Waals surface area contributed by atoms with Crippen molar-refractivity contribution in [1.29, 1.82) is 0 Å². The molecule has 1 amide bonds. The smallest absolute Gasteiger partial charge is 0.408 e. The number of amides is 1. The second-order valence-electron chi connectivity index (χ2n) is 7.47. The number of nitrogens with zero attached hydrogens (tertiary/aromatic N) is 4. The summed E-state index contributed by atoms with van der Waals surface area (Å²) >= 11 is 6.25. The fraction of sp³-hybridized carbons (Fsp3) is 0.350. The SMILES string of the molecule is CN=C/C(=C\N)Nc1ncnc(-c2ccc([C@@H](C)NC(=O)OC(C)(C)C)c(Cl)c2F)n1. The Kier molecular flexibility index (Phi) is 7.87. The number of halogens is 2. The fourth-order valence-corrected chi connectivity index (χ4v) is 2.83. The van der Waals surface area contributed by atoms with E-state index in [9.17, 15) is 4.79 Å². The Morgan fingerprint density at radius 1 is 1.35 bits per heavy atom. The average molecular weight is 450 g/mol. The minimum Gasteiger partial charge on any atom is -0.444 e. The topological polar surface area (TPSA) is 127 Å². The van der Waals surface area contributed by atoms with Crippen molar-refractivity contribution < 1.29 is 13.9 Å². The van der Waals surface area contributed by atoms with Gasteiger partial charge in [-0.25, -0.2) is 19.2 Å². The van der Waals surface area contributed by atoms with Gasteiger partial charge in [0.2, 0.25) is 5.95 Å². The van der Waals surface area contributed by atoms with E-state index in [0.29, 0.717) is 11.3 Å². The number of carbonyl (C=O) groups excluding carboxylic acids is 1. The predicted octanol–water partition coefficient (Wildman–Crippen LogP) is 3.83. The van der Waals surface area contributed by atoms with Crippen molar-refractivity contribution in [2.75, 3.05) is 12.4 Å². The molecule has 0 spiro atoms. The summed E-state index contributed by atoms with van der Waals surface area (Å²) < 4.78 is 20.3. The van der Waals surface area contributed by atoms with Crippen LogP contribution in [-0.4, -0.2) is 39.9 Å². The van der Waals surface area contributed by atoms with Crippen molar-refractivity contribution in [2.24, 2.45) is 10.7 Å². The van der Waals surface area contributed by atoms with E-state index in [4.69, 9.17) is 22.1 Å². The van der Waals surface area contributed by atoms with E-state index in [-0.39, 0.29) is 22.4 Å². The third-order valence-electron chi connectivity index (χ3n) is 3.83. The first kappa shape index (κ1) is 24.0. The number of benzene rings is 1. The second-order valence-corrected chi connectivity index (χ2v) is 7.84. The van der Waals surface area contributed by atoms with Crippen LogP contribution < -0.4 is 16.4 Å². The molecule has 1 aromatic carbocycles. The number of hydrogen-bond donors (Lipinski definition) is 3. The van der Waals surface area contributed by atoms with Crippen molar-refractivity contribution in [3.63, 3.8) is 0 Å². The van der Waals surface area contributed by atoms with Crippen LogP contribution in [0.4, 0.5) is 15.1 Å². The molecule has 9 nitrogen and oxygen atoms in total. The summed E-state index contributed by atoms with van der Waals surface area (Å²) in [4.78, 5) is 28.1. The molecule has 1 aromatic heterocycles. The number of aliphatic imine (C=N–C) groups is 1. The molecule has 166 valence electrons. The maximum atomic E-state index is 15.0. The van der Waals surface area contributed by atoms with E-state index < -0.39 is 23.6 Å². The Bertz CT molecular complexity index is 1010. The largest absolute Gasteiger partial charge is 0.444 e. The molecule has 0 fully saturated rings. The van der Waals surface area contributed by atoms with Gasteiger partial charge in [-0.2, -0.15) is 4.98 Å². The Morgan fingerprint density at radius 2 is 2.06 bits per heavy atom. The number of anilines is 1. The molecule has 0 aliphatic rings. The molecule has 0 radical (unpaired) electrons. The molecular weight excluding hydrogens is 425 g/mol. The van der Waals surface area contributed by atoms with Gasteiger partial charge in [0.25, 0.3) is 0 Å². The highest BCUT2D eigenvalue weighted by Crippen LogP contribution is 2.32. The zero-order valence-electron chi connectivity index (χ0n) is 17.9. The summed E-state index contributed by atoms with van der Waals surface area (Å²) in [6.07, 6.45) is 3.37. The van der Waals surface area contributed by atoms with E-state index in [1.54, 1.807) is 40.8 Å². The molecule has 2 aromatic rings. The first-order valence-corrected chi connectivity index (χ1v) is 9.71. The predicted molar refractivity (Wildman–Crippen MR) is 118 cm³/mol. The van der Waals surface area contributed by atoms with Gasteiger partial charge in [-0.3, -0.25) is 4.99 Å². The fourth-order valence-electron chi connectivity index (χ4n) is 2.51. The molecule has 0 saturated heterocycles.